The van der Waals surface area contributed by atoms with Gasteiger partial charge in [0, 0.05) is 0 Å². The Balaban J connectivity index is 2.06. The van der Waals surface area contributed by atoms with Crippen LogP contribution in [0.25, 0.3) is 10.8 Å². The molecule has 2 aromatic carbocycles. The van der Waals surface area contributed by atoms with Crippen molar-refractivity contribution in [3.8, 4) is 0 Å². The van der Waals surface area contributed by atoms with E-state index in [4.69, 9.17) is 5.26 Å². The van der Waals surface area contributed by atoms with Crippen molar-refractivity contribution < 1.29 is 36.9 Å². The summed E-state index contributed by atoms with van der Waals surface area (Å²) in [6.07, 6.45) is -4.82. The van der Waals surface area contributed by atoms with Crippen LogP contribution in [0.4, 0.5) is 17.6 Å². The van der Waals surface area contributed by atoms with Crippen LogP contribution in [0.5, 0.6) is 0 Å². The Morgan fingerprint density at radius 1 is 1.00 bits per heavy atom. The fourth-order valence-corrected chi connectivity index (χ4v) is 1.96. The Bertz CT molecular complexity index is 638. The van der Waals surface area contributed by atoms with Gasteiger partial charge < -0.3 is 4.74 Å². The number of alkyl halides is 4. The normalized spacial score (nSPS) is 12.8. The van der Waals surface area contributed by atoms with Crippen molar-refractivity contribution in [2.24, 2.45) is 0 Å². The lowest BCUT2D eigenvalue weighted by molar-refractivity contribution is -0.435. The SMILES string of the molecule is OOOSC(F)(F)C(F)(F)OCc1ccc2ccccc2c1. The molecule has 120 valence electrons. The first-order chi connectivity index (χ1) is 10.4. The van der Waals surface area contributed by atoms with Crippen molar-refractivity contribution >= 4 is 22.8 Å². The standard InChI is InChI=1S/C13H10F4O4S/c14-12(15,13(16,17)22-21-20-18)19-8-9-5-6-10-3-1-2-4-11(10)7-9/h1-7,18H,8H2. The molecule has 1 N–H and O–H groups in total. The van der Waals surface area contributed by atoms with Crippen molar-refractivity contribution in [1.29, 1.82) is 0 Å². The summed E-state index contributed by atoms with van der Waals surface area (Å²) in [6, 6.07) is 11.9. The smallest absolute Gasteiger partial charge is 0.310 e. The number of rotatable bonds is 7. The maximum Gasteiger partial charge on any atom is 0.432 e. The molecule has 0 saturated heterocycles. The number of fused-ring (bicyclic) bond motifs is 1. The first kappa shape index (κ1) is 17.0. The molecule has 0 atom stereocenters. The maximum atomic E-state index is 13.3. The summed E-state index contributed by atoms with van der Waals surface area (Å²) in [7, 11) is 0. The highest BCUT2D eigenvalue weighted by atomic mass is 32.2. The fraction of sp³-hybridized carbons (Fsp3) is 0.231. The summed E-state index contributed by atoms with van der Waals surface area (Å²) in [5.74, 6) is 0. The van der Waals surface area contributed by atoms with Gasteiger partial charge in [0.25, 0.3) is 0 Å². The molecule has 2 rings (SSSR count). The molecule has 2 aromatic rings. The monoisotopic (exact) mass is 338 g/mol. The van der Waals surface area contributed by atoms with Gasteiger partial charge in [-0.05, 0) is 22.4 Å². The summed E-state index contributed by atoms with van der Waals surface area (Å²) < 4.78 is 60.2. The lowest BCUT2D eigenvalue weighted by Gasteiger charge is -2.23. The zero-order valence-electron chi connectivity index (χ0n) is 10.8. The summed E-state index contributed by atoms with van der Waals surface area (Å²) >= 11 is -1.06. The van der Waals surface area contributed by atoms with Crippen LogP contribution < -0.4 is 0 Å². The number of hydrogen-bond acceptors (Lipinski definition) is 5. The Labute approximate surface area is 126 Å². The minimum atomic E-state index is -4.82. The van der Waals surface area contributed by atoms with Crippen LogP contribution in [0.2, 0.25) is 0 Å². The fourth-order valence-electron chi connectivity index (χ4n) is 1.69. The van der Waals surface area contributed by atoms with Crippen LogP contribution in [-0.2, 0) is 20.7 Å². The van der Waals surface area contributed by atoms with Crippen molar-refractivity contribution in [3.05, 3.63) is 48.0 Å². The molecule has 0 fully saturated rings. The molecule has 0 aliphatic heterocycles. The third-order valence-corrected chi connectivity index (χ3v) is 3.32. The van der Waals surface area contributed by atoms with E-state index in [0.29, 0.717) is 5.56 Å². The van der Waals surface area contributed by atoms with Gasteiger partial charge in [-0.15, -0.1) is 4.33 Å². The number of halogens is 4. The molecule has 0 aromatic heterocycles. The van der Waals surface area contributed by atoms with Crippen LogP contribution in [0, 0.1) is 0 Å². The van der Waals surface area contributed by atoms with Gasteiger partial charge in [-0.25, -0.2) is 5.26 Å². The molecule has 0 bridgehead atoms. The third kappa shape index (κ3) is 3.87. The Morgan fingerprint density at radius 2 is 1.68 bits per heavy atom. The Kier molecular flexibility index (Phi) is 5.24. The largest absolute Gasteiger partial charge is 0.432 e. The molecule has 0 heterocycles. The predicted molar refractivity (Wildman–Crippen MR) is 71.0 cm³/mol. The van der Waals surface area contributed by atoms with Crippen molar-refractivity contribution in [2.45, 2.75) is 18.0 Å². The Hall–Kier alpha value is -1.39. The maximum absolute atomic E-state index is 13.3. The average molecular weight is 338 g/mol. The molecule has 0 aliphatic carbocycles. The second-order valence-electron chi connectivity index (χ2n) is 4.23. The van der Waals surface area contributed by atoms with Crippen LogP contribution in [-0.4, -0.2) is 16.6 Å². The molecule has 0 unspecified atom stereocenters. The summed E-state index contributed by atoms with van der Waals surface area (Å²) in [5.41, 5.74) is 0.304. The van der Waals surface area contributed by atoms with Crippen LogP contribution in [0.15, 0.2) is 42.5 Å². The predicted octanol–water partition coefficient (Wildman–Crippen LogP) is 4.61. The number of benzene rings is 2. The van der Waals surface area contributed by atoms with Crippen LogP contribution in [0.3, 0.4) is 0 Å². The van der Waals surface area contributed by atoms with Crippen LogP contribution >= 0.6 is 12.0 Å². The molecule has 0 aliphatic rings. The van der Waals surface area contributed by atoms with Gasteiger partial charge in [0.2, 0.25) is 0 Å². The molecular formula is C13H10F4O4S. The van der Waals surface area contributed by atoms with E-state index in [9.17, 15) is 17.6 Å². The van der Waals surface area contributed by atoms with Crippen molar-refractivity contribution in [1.82, 2.24) is 0 Å². The van der Waals surface area contributed by atoms with Crippen molar-refractivity contribution in [2.75, 3.05) is 0 Å². The molecule has 22 heavy (non-hydrogen) atoms. The van der Waals surface area contributed by atoms with E-state index >= 15 is 0 Å². The third-order valence-electron chi connectivity index (χ3n) is 2.74. The number of hydrogen-bond donors (Lipinski definition) is 1. The molecule has 0 spiro atoms. The second kappa shape index (κ2) is 6.80. The van der Waals surface area contributed by atoms with Crippen molar-refractivity contribution in [3.63, 3.8) is 0 Å². The van der Waals surface area contributed by atoms with Gasteiger partial charge >= 0.3 is 11.4 Å². The van der Waals surface area contributed by atoms with Gasteiger partial charge in [-0.1, -0.05) is 41.4 Å². The van der Waals surface area contributed by atoms with Gasteiger partial charge in [0.05, 0.1) is 6.61 Å². The first-order valence-electron chi connectivity index (χ1n) is 5.89. The number of ether oxygens (including phenoxy) is 1. The highest BCUT2D eigenvalue weighted by Gasteiger charge is 2.60. The van der Waals surface area contributed by atoms with Gasteiger partial charge in [0.15, 0.2) is 0 Å². The molecule has 9 heteroatoms. The van der Waals surface area contributed by atoms with E-state index in [1.807, 2.05) is 12.1 Å². The van der Waals surface area contributed by atoms with E-state index in [2.05, 4.69) is 14.1 Å². The lowest BCUT2D eigenvalue weighted by Crippen LogP contribution is -2.40. The van der Waals surface area contributed by atoms with E-state index < -0.39 is 30.0 Å². The Morgan fingerprint density at radius 3 is 2.36 bits per heavy atom. The summed E-state index contributed by atoms with van der Waals surface area (Å²) in [6.45, 7) is -0.728. The van der Waals surface area contributed by atoms with Crippen LogP contribution in [0.1, 0.15) is 5.56 Å². The molecule has 0 amide bonds. The minimum Gasteiger partial charge on any atom is -0.310 e. The highest BCUT2D eigenvalue weighted by molar-refractivity contribution is 7.95. The lowest BCUT2D eigenvalue weighted by atomic mass is 10.1. The quantitative estimate of drug-likeness (QED) is 0.346. The molecule has 0 saturated carbocycles. The molecule has 0 radical (unpaired) electrons. The summed E-state index contributed by atoms with van der Waals surface area (Å²) in [4.78, 5) is 0. The molecule has 4 nitrogen and oxygen atoms in total. The van der Waals surface area contributed by atoms with E-state index in [0.717, 1.165) is 10.8 Å². The second-order valence-corrected chi connectivity index (χ2v) is 5.05. The van der Waals surface area contributed by atoms with E-state index in [1.54, 1.807) is 24.3 Å². The summed E-state index contributed by atoms with van der Waals surface area (Å²) in [5, 5.41) is 7.53. The highest BCUT2D eigenvalue weighted by Crippen LogP contribution is 2.44. The zero-order chi connectivity index (χ0) is 16.2. The molecular weight excluding hydrogens is 328 g/mol. The first-order valence-corrected chi connectivity index (χ1v) is 6.63. The topological polar surface area (TPSA) is 47.9 Å². The zero-order valence-corrected chi connectivity index (χ0v) is 11.7. The average Bonchev–Trinajstić information content (AvgIpc) is 2.50. The van der Waals surface area contributed by atoms with Gasteiger partial charge in [0.1, 0.15) is 12.0 Å². The van der Waals surface area contributed by atoms with E-state index in [1.165, 1.54) is 6.07 Å². The van der Waals surface area contributed by atoms with E-state index in [-0.39, 0.29) is 0 Å². The van der Waals surface area contributed by atoms with Gasteiger partial charge in [-0.3, -0.25) is 0 Å². The minimum absolute atomic E-state index is 0.304. The van der Waals surface area contributed by atoms with Gasteiger partial charge in [-0.2, -0.15) is 17.6 Å².